The van der Waals surface area contributed by atoms with E-state index in [2.05, 4.69) is 10.4 Å². The molecule has 18 heavy (non-hydrogen) atoms. The number of rotatable bonds is 2. The summed E-state index contributed by atoms with van der Waals surface area (Å²) in [5.41, 5.74) is 1.89. The lowest BCUT2D eigenvalue weighted by atomic mass is 10.2. The fourth-order valence-electron chi connectivity index (χ4n) is 1.71. The largest absolute Gasteiger partial charge is 0.350 e. The van der Waals surface area contributed by atoms with Gasteiger partial charge < -0.3 is 5.32 Å². The van der Waals surface area contributed by atoms with E-state index in [0.717, 1.165) is 17.8 Å². The van der Waals surface area contributed by atoms with Gasteiger partial charge in [-0.15, -0.1) is 0 Å². The molecule has 3 nitrogen and oxygen atoms in total. The summed E-state index contributed by atoms with van der Waals surface area (Å²) in [7, 11) is 1.75. The van der Waals surface area contributed by atoms with Crippen LogP contribution in [-0.4, -0.2) is 9.78 Å². The highest BCUT2D eigenvalue weighted by Gasteiger charge is 2.16. The quantitative estimate of drug-likeness (QED) is 0.835. The Morgan fingerprint density at radius 3 is 2.33 bits per heavy atom. The first-order chi connectivity index (χ1) is 8.41. The zero-order chi connectivity index (χ0) is 13.4. The second-order valence-corrected chi connectivity index (χ2v) is 4.02. The van der Waals surface area contributed by atoms with Gasteiger partial charge in [-0.05, 0) is 26.0 Å². The number of aryl methyl sites for hydroxylation is 2. The molecule has 0 aliphatic rings. The highest BCUT2D eigenvalue weighted by atomic mass is 19.2. The van der Waals surface area contributed by atoms with Gasteiger partial charge in [0.2, 0.25) is 0 Å². The maximum absolute atomic E-state index is 13.5. The Bertz CT molecular complexity index is 605. The summed E-state index contributed by atoms with van der Waals surface area (Å²) in [6, 6.07) is 2.03. The van der Waals surface area contributed by atoms with Crippen molar-refractivity contribution >= 4 is 11.4 Å². The monoisotopic (exact) mass is 255 g/mol. The number of halogens is 3. The molecular weight excluding hydrogens is 243 g/mol. The predicted molar refractivity (Wildman–Crippen MR) is 62.3 cm³/mol. The Labute approximate surface area is 102 Å². The molecule has 1 N–H and O–H groups in total. The summed E-state index contributed by atoms with van der Waals surface area (Å²) in [5.74, 6) is -3.94. The molecular formula is C12H12F3N3. The SMILES string of the molecule is Cc1nn(C)c(C)c1Nc1ccc(F)c(F)c1F. The molecule has 1 aromatic heterocycles. The van der Waals surface area contributed by atoms with Crippen molar-refractivity contribution in [2.75, 3.05) is 5.32 Å². The minimum absolute atomic E-state index is 0.117. The topological polar surface area (TPSA) is 29.9 Å². The molecule has 0 amide bonds. The third-order valence-corrected chi connectivity index (χ3v) is 2.80. The normalized spacial score (nSPS) is 10.8. The average molecular weight is 255 g/mol. The molecule has 0 aliphatic carbocycles. The van der Waals surface area contributed by atoms with E-state index in [4.69, 9.17) is 0 Å². The van der Waals surface area contributed by atoms with Crippen molar-refractivity contribution in [2.24, 2.45) is 7.05 Å². The number of hydrogen-bond acceptors (Lipinski definition) is 2. The number of hydrogen-bond donors (Lipinski definition) is 1. The smallest absolute Gasteiger partial charge is 0.196 e. The van der Waals surface area contributed by atoms with E-state index in [1.165, 1.54) is 0 Å². The first-order valence-electron chi connectivity index (χ1n) is 5.32. The highest BCUT2D eigenvalue weighted by Crippen LogP contribution is 2.27. The van der Waals surface area contributed by atoms with Crippen LogP contribution in [0.2, 0.25) is 0 Å². The summed E-state index contributed by atoms with van der Waals surface area (Å²) in [6.07, 6.45) is 0. The fraction of sp³-hybridized carbons (Fsp3) is 0.250. The first kappa shape index (κ1) is 12.5. The highest BCUT2D eigenvalue weighted by molar-refractivity contribution is 5.64. The van der Waals surface area contributed by atoms with Gasteiger partial charge in [0.15, 0.2) is 17.5 Å². The van der Waals surface area contributed by atoms with Gasteiger partial charge in [-0.2, -0.15) is 5.10 Å². The van der Waals surface area contributed by atoms with Crippen molar-refractivity contribution in [2.45, 2.75) is 13.8 Å². The Hall–Kier alpha value is -1.98. The van der Waals surface area contributed by atoms with Crippen LogP contribution in [0.25, 0.3) is 0 Å². The van der Waals surface area contributed by atoms with Gasteiger partial charge in [0.1, 0.15) is 0 Å². The molecule has 0 radical (unpaired) electrons. The molecule has 1 heterocycles. The number of anilines is 2. The van der Waals surface area contributed by atoms with Crippen LogP contribution in [0.4, 0.5) is 24.5 Å². The summed E-state index contributed by atoms with van der Waals surface area (Å²) in [4.78, 5) is 0. The van der Waals surface area contributed by atoms with Crippen molar-refractivity contribution < 1.29 is 13.2 Å². The van der Waals surface area contributed by atoms with Gasteiger partial charge in [0.05, 0.1) is 22.8 Å². The standard InChI is InChI=1S/C12H12F3N3/c1-6-12(7(2)18(3)17-6)16-9-5-4-8(13)10(14)11(9)15/h4-5,16H,1-3H3. The minimum atomic E-state index is -1.49. The molecule has 0 atom stereocenters. The lowest BCUT2D eigenvalue weighted by Crippen LogP contribution is -2.00. The van der Waals surface area contributed by atoms with Crippen LogP contribution < -0.4 is 5.32 Å². The number of nitrogens with zero attached hydrogens (tertiary/aromatic N) is 2. The van der Waals surface area contributed by atoms with Crippen molar-refractivity contribution in [3.05, 3.63) is 41.0 Å². The first-order valence-corrected chi connectivity index (χ1v) is 5.32. The van der Waals surface area contributed by atoms with Crippen LogP contribution >= 0.6 is 0 Å². The van der Waals surface area contributed by atoms with Gasteiger partial charge in [-0.1, -0.05) is 0 Å². The second kappa shape index (κ2) is 4.36. The van der Waals surface area contributed by atoms with Crippen LogP contribution in [0.15, 0.2) is 12.1 Å². The molecule has 2 aromatic rings. The molecule has 1 aromatic carbocycles. The molecule has 0 bridgehead atoms. The third kappa shape index (κ3) is 1.94. The zero-order valence-corrected chi connectivity index (χ0v) is 10.2. The van der Waals surface area contributed by atoms with Gasteiger partial charge in [0, 0.05) is 7.05 Å². The summed E-state index contributed by atoms with van der Waals surface area (Å²) in [6.45, 7) is 3.53. The zero-order valence-electron chi connectivity index (χ0n) is 10.2. The van der Waals surface area contributed by atoms with Crippen LogP contribution in [0.1, 0.15) is 11.4 Å². The Balaban J connectivity index is 2.44. The molecule has 0 fully saturated rings. The summed E-state index contributed by atoms with van der Waals surface area (Å²) < 4.78 is 41.0. The average Bonchev–Trinajstić information content (AvgIpc) is 2.56. The molecule has 2 rings (SSSR count). The van der Waals surface area contributed by atoms with Gasteiger partial charge in [-0.3, -0.25) is 4.68 Å². The molecule has 0 aliphatic heterocycles. The van der Waals surface area contributed by atoms with Gasteiger partial charge in [-0.25, -0.2) is 13.2 Å². The van der Waals surface area contributed by atoms with Crippen molar-refractivity contribution in [1.29, 1.82) is 0 Å². The lowest BCUT2D eigenvalue weighted by molar-refractivity contribution is 0.449. The maximum atomic E-state index is 13.5. The molecule has 0 saturated carbocycles. The number of benzene rings is 1. The molecule has 0 saturated heterocycles. The van der Waals surface area contributed by atoms with E-state index < -0.39 is 17.5 Å². The molecule has 0 unspecified atom stereocenters. The van der Waals surface area contributed by atoms with Crippen molar-refractivity contribution in [3.63, 3.8) is 0 Å². The Morgan fingerprint density at radius 2 is 1.78 bits per heavy atom. The maximum Gasteiger partial charge on any atom is 0.196 e. The fourth-order valence-corrected chi connectivity index (χ4v) is 1.71. The number of nitrogens with one attached hydrogen (secondary N) is 1. The van der Waals surface area contributed by atoms with Gasteiger partial charge >= 0.3 is 0 Å². The van der Waals surface area contributed by atoms with Crippen molar-refractivity contribution in [1.82, 2.24) is 9.78 Å². The van der Waals surface area contributed by atoms with E-state index in [1.807, 2.05) is 0 Å². The summed E-state index contributed by atoms with van der Waals surface area (Å²) in [5, 5.41) is 6.87. The molecule has 96 valence electrons. The molecule has 6 heteroatoms. The van der Waals surface area contributed by atoms with E-state index >= 15 is 0 Å². The van der Waals surface area contributed by atoms with Crippen LogP contribution in [0.3, 0.4) is 0 Å². The second-order valence-electron chi connectivity index (χ2n) is 4.02. The Morgan fingerprint density at radius 1 is 1.11 bits per heavy atom. The van der Waals surface area contributed by atoms with Crippen molar-refractivity contribution in [3.8, 4) is 0 Å². The molecule has 0 spiro atoms. The van der Waals surface area contributed by atoms with E-state index in [9.17, 15) is 13.2 Å². The Kier molecular flexibility index (Phi) is 3.02. The van der Waals surface area contributed by atoms with Crippen LogP contribution in [0.5, 0.6) is 0 Å². The van der Waals surface area contributed by atoms with E-state index in [0.29, 0.717) is 11.4 Å². The number of aromatic nitrogens is 2. The predicted octanol–water partition coefficient (Wildman–Crippen LogP) is 3.20. The van der Waals surface area contributed by atoms with Crippen LogP contribution in [0, 0.1) is 31.3 Å². The lowest BCUT2D eigenvalue weighted by Gasteiger charge is -2.08. The minimum Gasteiger partial charge on any atom is -0.350 e. The van der Waals surface area contributed by atoms with Crippen LogP contribution in [-0.2, 0) is 7.05 Å². The third-order valence-electron chi connectivity index (χ3n) is 2.80. The van der Waals surface area contributed by atoms with E-state index in [-0.39, 0.29) is 5.69 Å². The van der Waals surface area contributed by atoms with E-state index in [1.54, 1.807) is 25.6 Å². The summed E-state index contributed by atoms with van der Waals surface area (Å²) >= 11 is 0. The van der Waals surface area contributed by atoms with Gasteiger partial charge in [0.25, 0.3) is 0 Å².